The van der Waals surface area contributed by atoms with Gasteiger partial charge in [0.15, 0.2) is 0 Å². The standard InChI is InChI=1S/C15H19F3N2O5S/c1-3-9(2)20-26(24,25)11-6-4-10(5-7-11)13(21)19-12(14(22)23)8-15(16,17)18/h4-7,9,12,20H,3,8H2,1-2H3,(H,19,21)(H,22,23). The second kappa shape index (κ2) is 8.49. The van der Waals surface area contributed by atoms with Crippen molar-refractivity contribution in [3.8, 4) is 0 Å². The van der Waals surface area contributed by atoms with Gasteiger partial charge in [-0.2, -0.15) is 13.2 Å². The van der Waals surface area contributed by atoms with Gasteiger partial charge in [0.25, 0.3) is 5.91 Å². The third-order valence-electron chi connectivity index (χ3n) is 3.43. The summed E-state index contributed by atoms with van der Waals surface area (Å²) in [6, 6.07) is 1.96. The van der Waals surface area contributed by atoms with E-state index in [0.29, 0.717) is 6.42 Å². The summed E-state index contributed by atoms with van der Waals surface area (Å²) in [4.78, 5) is 22.7. The molecule has 2 atom stereocenters. The Balaban J connectivity index is 2.90. The van der Waals surface area contributed by atoms with Gasteiger partial charge in [-0.15, -0.1) is 0 Å². The number of sulfonamides is 1. The van der Waals surface area contributed by atoms with Gasteiger partial charge in [0.1, 0.15) is 6.04 Å². The van der Waals surface area contributed by atoms with Gasteiger partial charge < -0.3 is 10.4 Å². The molecule has 3 N–H and O–H groups in total. The van der Waals surface area contributed by atoms with Crippen LogP contribution < -0.4 is 10.0 Å². The zero-order valence-corrected chi connectivity index (χ0v) is 14.8. The molecular formula is C15H19F3N2O5S. The fourth-order valence-electron chi connectivity index (χ4n) is 1.87. The van der Waals surface area contributed by atoms with Gasteiger partial charge in [0.05, 0.1) is 11.3 Å². The molecule has 7 nitrogen and oxygen atoms in total. The quantitative estimate of drug-likeness (QED) is 0.621. The number of carboxylic acid groups (broad SMARTS) is 1. The van der Waals surface area contributed by atoms with Crippen molar-refractivity contribution in [3.63, 3.8) is 0 Å². The Morgan fingerprint density at radius 3 is 2.15 bits per heavy atom. The van der Waals surface area contributed by atoms with E-state index < -0.39 is 40.5 Å². The molecular weight excluding hydrogens is 377 g/mol. The minimum absolute atomic E-state index is 0.126. The zero-order chi connectivity index (χ0) is 20.1. The number of nitrogens with one attached hydrogen (secondary N) is 2. The van der Waals surface area contributed by atoms with E-state index in [1.54, 1.807) is 19.2 Å². The third kappa shape index (κ3) is 6.64. The lowest BCUT2D eigenvalue weighted by molar-refractivity contribution is -0.157. The first-order chi connectivity index (χ1) is 11.9. The van der Waals surface area contributed by atoms with E-state index in [1.807, 2.05) is 0 Å². The van der Waals surface area contributed by atoms with E-state index in [4.69, 9.17) is 5.11 Å². The molecule has 0 aromatic heterocycles. The highest BCUT2D eigenvalue weighted by Gasteiger charge is 2.36. The van der Waals surface area contributed by atoms with Gasteiger partial charge in [-0.25, -0.2) is 17.9 Å². The Morgan fingerprint density at radius 2 is 1.73 bits per heavy atom. The monoisotopic (exact) mass is 396 g/mol. The Bertz CT molecular complexity index is 748. The van der Waals surface area contributed by atoms with Crippen molar-refractivity contribution in [2.75, 3.05) is 0 Å². The molecule has 146 valence electrons. The van der Waals surface area contributed by atoms with Crippen molar-refractivity contribution in [2.45, 2.75) is 49.8 Å². The largest absolute Gasteiger partial charge is 0.480 e. The topological polar surface area (TPSA) is 113 Å². The number of alkyl halides is 3. The second-order valence-corrected chi connectivity index (χ2v) is 7.35. The number of carbonyl (C=O) groups is 2. The molecule has 26 heavy (non-hydrogen) atoms. The number of aliphatic carboxylic acids is 1. The Kier molecular flexibility index (Phi) is 7.16. The molecule has 0 bridgehead atoms. The highest BCUT2D eigenvalue weighted by Crippen LogP contribution is 2.22. The van der Waals surface area contributed by atoms with E-state index >= 15 is 0 Å². The van der Waals surface area contributed by atoms with Gasteiger partial charge >= 0.3 is 12.1 Å². The van der Waals surface area contributed by atoms with Crippen LogP contribution in [-0.2, 0) is 14.8 Å². The molecule has 0 aliphatic heterocycles. The van der Waals surface area contributed by atoms with Crippen LogP contribution >= 0.6 is 0 Å². The highest BCUT2D eigenvalue weighted by atomic mass is 32.2. The maximum atomic E-state index is 12.3. The smallest absolute Gasteiger partial charge is 0.391 e. The van der Waals surface area contributed by atoms with Crippen LogP contribution in [0.25, 0.3) is 0 Å². The zero-order valence-electron chi connectivity index (χ0n) is 14.0. The number of hydrogen-bond donors (Lipinski definition) is 3. The lowest BCUT2D eigenvalue weighted by Gasteiger charge is -2.16. The molecule has 2 unspecified atom stereocenters. The Hall–Kier alpha value is -2.14. The fourth-order valence-corrected chi connectivity index (χ4v) is 3.20. The number of halogens is 3. The van der Waals surface area contributed by atoms with Gasteiger partial charge in [0, 0.05) is 11.6 Å². The highest BCUT2D eigenvalue weighted by molar-refractivity contribution is 7.89. The van der Waals surface area contributed by atoms with E-state index in [0.717, 1.165) is 24.3 Å². The maximum absolute atomic E-state index is 12.3. The lowest BCUT2D eigenvalue weighted by atomic mass is 10.1. The van der Waals surface area contributed by atoms with Crippen LogP contribution in [0.3, 0.4) is 0 Å². The second-order valence-electron chi connectivity index (χ2n) is 5.64. The molecule has 0 radical (unpaired) electrons. The minimum Gasteiger partial charge on any atom is -0.480 e. The average Bonchev–Trinajstić information content (AvgIpc) is 2.52. The van der Waals surface area contributed by atoms with E-state index in [1.165, 1.54) is 0 Å². The number of carbonyl (C=O) groups excluding carboxylic acids is 1. The maximum Gasteiger partial charge on any atom is 0.391 e. The molecule has 0 aliphatic carbocycles. The fraction of sp³-hybridized carbons (Fsp3) is 0.467. The molecule has 0 saturated carbocycles. The first-order valence-electron chi connectivity index (χ1n) is 7.58. The van der Waals surface area contributed by atoms with Crippen molar-refractivity contribution in [1.29, 1.82) is 0 Å². The SMILES string of the molecule is CCC(C)NS(=O)(=O)c1ccc(C(=O)NC(CC(F)(F)F)C(=O)O)cc1. The lowest BCUT2D eigenvalue weighted by Crippen LogP contribution is -2.43. The molecule has 1 aromatic rings. The predicted molar refractivity (Wildman–Crippen MR) is 86.1 cm³/mol. The third-order valence-corrected chi connectivity index (χ3v) is 5.04. The summed E-state index contributed by atoms with van der Waals surface area (Å²) < 4.78 is 63.6. The molecule has 1 aromatic carbocycles. The molecule has 0 aliphatic rings. The predicted octanol–water partition coefficient (Wildman–Crippen LogP) is 1.90. The van der Waals surface area contributed by atoms with Crippen molar-refractivity contribution in [1.82, 2.24) is 10.0 Å². The summed E-state index contributed by atoms with van der Waals surface area (Å²) in [5, 5.41) is 10.6. The average molecular weight is 396 g/mol. The van der Waals surface area contributed by atoms with Crippen molar-refractivity contribution in [2.24, 2.45) is 0 Å². The van der Waals surface area contributed by atoms with Gasteiger partial charge in [-0.05, 0) is 37.6 Å². The van der Waals surface area contributed by atoms with Crippen LogP contribution in [0.1, 0.15) is 37.0 Å². The molecule has 11 heteroatoms. The Morgan fingerprint density at radius 1 is 1.19 bits per heavy atom. The van der Waals surface area contributed by atoms with Crippen LogP contribution in [0, 0.1) is 0 Å². The van der Waals surface area contributed by atoms with Gasteiger partial charge in [0.2, 0.25) is 10.0 Å². The molecule has 0 saturated heterocycles. The van der Waals surface area contributed by atoms with Crippen LogP contribution in [-0.4, -0.2) is 43.7 Å². The summed E-state index contributed by atoms with van der Waals surface area (Å²) >= 11 is 0. The summed E-state index contributed by atoms with van der Waals surface area (Å²) in [6.07, 6.45) is -5.93. The summed E-state index contributed by atoms with van der Waals surface area (Å²) in [7, 11) is -3.80. The van der Waals surface area contributed by atoms with Crippen molar-refractivity contribution < 1.29 is 36.3 Å². The van der Waals surface area contributed by atoms with E-state index in [-0.39, 0.29) is 16.5 Å². The normalized spacial score (nSPS) is 14.5. The molecule has 0 heterocycles. The van der Waals surface area contributed by atoms with Crippen LogP contribution in [0.15, 0.2) is 29.2 Å². The number of carboxylic acids is 1. The summed E-state index contributed by atoms with van der Waals surface area (Å²) in [5.41, 5.74) is -0.166. The molecule has 0 spiro atoms. The number of rotatable bonds is 8. The van der Waals surface area contributed by atoms with Crippen LogP contribution in [0.5, 0.6) is 0 Å². The summed E-state index contributed by atoms with van der Waals surface area (Å²) in [5.74, 6) is -2.88. The first-order valence-corrected chi connectivity index (χ1v) is 9.07. The van der Waals surface area contributed by atoms with Gasteiger partial charge in [-0.3, -0.25) is 4.79 Å². The molecule has 1 rings (SSSR count). The van der Waals surface area contributed by atoms with Crippen molar-refractivity contribution >= 4 is 21.9 Å². The first kappa shape index (κ1) is 21.9. The van der Waals surface area contributed by atoms with Crippen molar-refractivity contribution in [3.05, 3.63) is 29.8 Å². The Labute approximate surface area is 148 Å². The number of hydrogen-bond acceptors (Lipinski definition) is 4. The number of benzene rings is 1. The summed E-state index contributed by atoms with van der Waals surface area (Å²) in [6.45, 7) is 3.46. The molecule has 0 fully saturated rings. The molecule has 1 amide bonds. The number of amides is 1. The minimum atomic E-state index is -4.77. The van der Waals surface area contributed by atoms with Crippen LogP contribution in [0.2, 0.25) is 0 Å². The van der Waals surface area contributed by atoms with Crippen LogP contribution in [0.4, 0.5) is 13.2 Å². The van der Waals surface area contributed by atoms with E-state index in [2.05, 4.69) is 4.72 Å². The van der Waals surface area contributed by atoms with E-state index in [9.17, 15) is 31.2 Å². The van der Waals surface area contributed by atoms with Gasteiger partial charge in [-0.1, -0.05) is 6.92 Å².